The van der Waals surface area contributed by atoms with E-state index < -0.39 is 66.7 Å². The number of methoxy groups -OCH3 is 1. The summed E-state index contributed by atoms with van der Waals surface area (Å²) in [7, 11) is 4.22. The van der Waals surface area contributed by atoms with Crippen LogP contribution in [-0.2, 0) is 32.0 Å². The fraction of sp³-hybridized carbons (Fsp3) is 0.452. The van der Waals surface area contributed by atoms with Crippen molar-refractivity contribution in [2.45, 2.75) is 70.8 Å². The van der Waals surface area contributed by atoms with E-state index in [4.69, 9.17) is 4.74 Å². The lowest BCUT2D eigenvalue weighted by atomic mass is 10.1. The molecule has 0 radical (unpaired) electrons. The van der Waals surface area contributed by atoms with Crippen LogP contribution in [0.15, 0.2) is 41.6 Å². The molecule has 3 amide bonds. The standard InChI is InChI=1S/C31H37F4N7O7/c1-30(2,3)49-29(47)42-22-14-19(32)13-18(11-12-31(33,34)35)25(22)39-23(42)16-41-17-36-15-21(27(41)45)37-26(44)20(38-28(46)48-6)9-7-8-10-24(43)40(4)5/h8,10,13-15,17,20H,7,9,11-12,16H2,1-6H3,(H,37,44)(H,38,46)/b10-8+/t20-/m0/s1. The summed E-state index contributed by atoms with van der Waals surface area (Å²) >= 11 is 0. The molecule has 0 aliphatic carbocycles. The Bertz CT molecular complexity index is 1790. The summed E-state index contributed by atoms with van der Waals surface area (Å²) < 4.78 is 65.7. The van der Waals surface area contributed by atoms with Crippen molar-refractivity contribution < 1.29 is 46.2 Å². The second kappa shape index (κ2) is 15.7. The minimum absolute atomic E-state index is 0.0136. The number of hydrogen-bond acceptors (Lipinski definition) is 9. The van der Waals surface area contributed by atoms with E-state index >= 15 is 0 Å². The minimum Gasteiger partial charge on any atom is -0.453 e. The lowest BCUT2D eigenvalue weighted by molar-refractivity contribution is -0.134. The van der Waals surface area contributed by atoms with Gasteiger partial charge >= 0.3 is 18.4 Å². The highest BCUT2D eigenvalue weighted by Gasteiger charge is 2.30. The number of halogens is 4. The van der Waals surface area contributed by atoms with Crippen molar-refractivity contribution in [2.24, 2.45) is 0 Å². The third kappa shape index (κ3) is 10.9. The number of carbonyl (C=O) groups is 4. The lowest BCUT2D eigenvalue weighted by Gasteiger charge is -2.20. The van der Waals surface area contributed by atoms with E-state index in [0.717, 1.165) is 40.9 Å². The number of carbonyl (C=O) groups excluding carboxylic acids is 4. The Balaban J connectivity index is 1.99. The van der Waals surface area contributed by atoms with Crippen LogP contribution in [0, 0.1) is 5.82 Å². The van der Waals surface area contributed by atoms with Gasteiger partial charge in [-0.3, -0.25) is 19.0 Å². The molecule has 0 bridgehead atoms. The Morgan fingerprint density at radius 1 is 1.12 bits per heavy atom. The fourth-order valence-corrected chi connectivity index (χ4v) is 4.43. The number of nitrogens with one attached hydrogen (secondary N) is 2. The molecule has 0 fully saturated rings. The van der Waals surface area contributed by atoms with Gasteiger partial charge in [0.15, 0.2) is 0 Å². The number of anilines is 1. The fourth-order valence-electron chi connectivity index (χ4n) is 4.43. The Morgan fingerprint density at radius 3 is 2.43 bits per heavy atom. The quantitative estimate of drug-likeness (QED) is 0.221. The molecule has 0 saturated heterocycles. The lowest BCUT2D eigenvalue weighted by Crippen LogP contribution is -2.44. The van der Waals surface area contributed by atoms with Crippen LogP contribution in [0.1, 0.15) is 51.4 Å². The summed E-state index contributed by atoms with van der Waals surface area (Å²) in [6.07, 6.45) is -3.29. The molecule has 18 heteroatoms. The zero-order valence-electron chi connectivity index (χ0n) is 27.7. The first-order chi connectivity index (χ1) is 22.8. The number of rotatable bonds is 11. The van der Waals surface area contributed by atoms with Crippen molar-refractivity contribution in [3.8, 4) is 0 Å². The highest BCUT2D eigenvalue weighted by atomic mass is 19.4. The van der Waals surface area contributed by atoms with E-state index in [1.807, 2.05) is 0 Å². The molecule has 2 N–H and O–H groups in total. The average Bonchev–Trinajstić information content (AvgIpc) is 3.35. The Kier molecular flexibility index (Phi) is 12.3. The Morgan fingerprint density at radius 2 is 1.82 bits per heavy atom. The van der Waals surface area contributed by atoms with Gasteiger partial charge in [-0.15, -0.1) is 0 Å². The molecule has 0 spiro atoms. The van der Waals surface area contributed by atoms with Gasteiger partial charge in [-0.25, -0.2) is 28.5 Å². The second-order valence-corrected chi connectivity index (χ2v) is 12.0. The number of alkyl carbamates (subject to hydrolysis) is 1. The van der Waals surface area contributed by atoms with Crippen molar-refractivity contribution in [3.63, 3.8) is 0 Å². The largest absolute Gasteiger partial charge is 0.453 e. The maximum atomic E-state index is 14.7. The number of hydrogen-bond donors (Lipinski definition) is 2. The predicted octanol–water partition coefficient (Wildman–Crippen LogP) is 4.15. The topological polar surface area (TPSA) is 167 Å². The van der Waals surface area contributed by atoms with E-state index in [0.29, 0.717) is 0 Å². The number of amides is 3. The molecule has 0 saturated carbocycles. The summed E-state index contributed by atoms with van der Waals surface area (Å²) in [4.78, 5) is 73.3. The molecule has 3 rings (SSSR count). The van der Waals surface area contributed by atoms with Gasteiger partial charge in [-0.05, 0) is 57.7 Å². The zero-order chi connectivity index (χ0) is 36.7. The van der Waals surface area contributed by atoms with Gasteiger partial charge in [-0.2, -0.15) is 13.2 Å². The normalized spacial score (nSPS) is 12.5. The number of likely N-dealkylation sites (N-methyl/N-ethyl adjacent to an activating group) is 1. The van der Waals surface area contributed by atoms with Gasteiger partial charge in [0.25, 0.3) is 5.56 Å². The van der Waals surface area contributed by atoms with Crippen LogP contribution in [-0.4, -0.2) is 87.0 Å². The smallest absolute Gasteiger partial charge is 0.420 e. The maximum absolute atomic E-state index is 14.7. The number of fused-ring (bicyclic) bond motifs is 1. The number of aryl methyl sites for hydroxylation is 1. The highest BCUT2D eigenvalue weighted by molar-refractivity contribution is 5.96. The molecule has 1 atom stereocenters. The molecular formula is C31H37F4N7O7. The number of aromatic nitrogens is 4. The molecule has 266 valence electrons. The van der Waals surface area contributed by atoms with Gasteiger partial charge in [-0.1, -0.05) is 6.08 Å². The van der Waals surface area contributed by atoms with E-state index in [1.54, 1.807) is 34.9 Å². The van der Waals surface area contributed by atoms with Crippen LogP contribution in [0.4, 0.5) is 32.8 Å². The molecule has 2 heterocycles. The number of benzene rings is 1. The summed E-state index contributed by atoms with van der Waals surface area (Å²) in [6.45, 7) is 4.21. The molecule has 1 aromatic carbocycles. The number of ether oxygens (including phenoxy) is 2. The SMILES string of the molecule is COC(=O)N[C@@H](CC/C=C/C(=O)N(C)C)C(=O)Nc1cncn(Cc2nc3c(CCC(F)(F)F)cc(F)cc3n2C(=O)OC(C)(C)C)c1=O. The zero-order valence-corrected chi connectivity index (χ0v) is 27.7. The number of nitrogens with zero attached hydrogens (tertiary/aromatic N) is 5. The van der Waals surface area contributed by atoms with E-state index in [1.165, 1.54) is 17.1 Å². The molecule has 0 aliphatic heterocycles. The van der Waals surface area contributed by atoms with Crippen LogP contribution in [0.25, 0.3) is 11.0 Å². The number of imidazole rings is 1. The van der Waals surface area contributed by atoms with Gasteiger partial charge in [0.1, 0.15) is 29.0 Å². The molecule has 0 unspecified atom stereocenters. The molecular weight excluding hydrogens is 658 g/mol. The molecule has 3 aromatic rings. The van der Waals surface area contributed by atoms with Crippen molar-refractivity contribution in [1.82, 2.24) is 29.3 Å². The molecule has 14 nitrogen and oxygen atoms in total. The van der Waals surface area contributed by atoms with Crippen LogP contribution in [0.2, 0.25) is 0 Å². The van der Waals surface area contributed by atoms with Crippen molar-refractivity contribution in [1.29, 1.82) is 0 Å². The molecule has 49 heavy (non-hydrogen) atoms. The molecule has 0 aliphatic rings. The summed E-state index contributed by atoms with van der Waals surface area (Å²) in [5, 5.41) is 4.75. The minimum atomic E-state index is -4.55. The first kappa shape index (κ1) is 38.2. The van der Waals surface area contributed by atoms with Crippen molar-refractivity contribution in [2.75, 3.05) is 26.5 Å². The molecule has 2 aromatic heterocycles. The predicted molar refractivity (Wildman–Crippen MR) is 168 cm³/mol. The van der Waals surface area contributed by atoms with Gasteiger partial charge < -0.3 is 25.0 Å². The van der Waals surface area contributed by atoms with Crippen LogP contribution in [0.3, 0.4) is 0 Å². The van der Waals surface area contributed by atoms with E-state index in [9.17, 15) is 41.5 Å². The third-order valence-corrected chi connectivity index (χ3v) is 6.72. The van der Waals surface area contributed by atoms with E-state index in [2.05, 4.69) is 25.3 Å². The average molecular weight is 696 g/mol. The van der Waals surface area contributed by atoms with Crippen molar-refractivity contribution in [3.05, 3.63) is 64.4 Å². The first-order valence-corrected chi connectivity index (χ1v) is 14.9. The summed E-state index contributed by atoms with van der Waals surface area (Å²) in [6, 6.07) is 0.606. The summed E-state index contributed by atoms with van der Waals surface area (Å²) in [5.74, 6) is -2.22. The van der Waals surface area contributed by atoms with Crippen LogP contribution in [0.5, 0.6) is 0 Å². The number of alkyl halides is 3. The van der Waals surface area contributed by atoms with Crippen molar-refractivity contribution >= 4 is 40.7 Å². The maximum Gasteiger partial charge on any atom is 0.420 e. The van der Waals surface area contributed by atoms with Crippen LogP contribution < -0.4 is 16.2 Å². The van der Waals surface area contributed by atoms with Crippen LogP contribution >= 0.6 is 0 Å². The first-order valence-electron chi connectivity index (χ1n) is 14.9. The Labute approximate surface area is 278 Å². The highest BCUT2D eigenvalue weighted by Crippen LogP contribution is 2.28. The van der Waals surface area contributed by atoms with Gasteiger partial charge in [0.2, 0.25) is 11.8 Å². The second-order valence-electron chi connectivity index (χ2n) is 12.0. The van der Waals surface area contributed by atoms with Gasteiger partial charge in [0, 0.05) is 26.6 Å². The van der Waals surface area contributed by atoms with E-state index in [-0.39, 0.29) is 46.9 Å². The Hall–Kier alpha value is -5.29. The number of allylic oxidation sites excluding steroid dienone is 1. The van der Waals surface area contributed by atoms with Gasteiger partial charge in [0.05, 0.1) is 37.2 Å². The monoisotopic (exact) mass is 695 g/mol. The summed E-state index contributed by atoms with van der Waals surface area (Å²) in [5.41, 5.74) is -2.60. The third-order valence-electron chi connectivity index (χ3n) is 6.72.